The maximum Gasteiger partial charge on any atom is 0.335 e. The highest BCUT2D eigenvalue weighted by Crippen LogP contribution is 2.30. The third-order valence-electron chi connectivity index (χ3n) is 4.44. The van der Waals surface area contributed by atoms with Crippen LogP contribution in [-0.4, -0.2) is 17.1 Å². The summed E-state index contributed by atoms with van der Waals surface area (Å²) in [6.45, 7) is 4.63. The van der Waals surface area contributed by atoms with Crippen molar-refractivity contribution in [3.05, 3.63) is 29.8 Å². The minimum atomic E-state index is -0.866. The number of carboxylic acids is 1. The summed E-state index contributed by atoms with van der Waals surface area (Å²) in [5, 5.41) is 12.5. The predicted molar refractivity (Wildman–Crippen MR) is 82.2 cm³/mol. The van der Waals surface area contributed by atoms with Gasteiger partial charge in [0.05, 0.1) is 5.56 Å². The van der Waals surface area contributed by atoms with Crippen LogP contribution in [0.25, 0.3) is 0 Å². The van der Waals surface area contributed by atoms with Crippen LogP contribution in [0, 0.1) is 11.8 Å². The summed E-state index contributed by atoms with van der Waals surface area (Å²) in [6, 6.07) is 7.60. The molecule has 2 rings (SSSR count). The lowest BCUT2D eigenvalue weighted by Crippen LogP contribution is -2.19. The fourth-order valence-electron chi connectivity index (χ4n) is 3.12. The zero-order valence-electron chi connectivity index (χ0n) is 12.4. The number of anilines is 1. The fourth-order valence-corrected chi connectivity index (χ4v) is 3.12. The van der Waals surface area contributed by atoms with Crippen LogP contribution in [0.5, 0.6) is 0 Å². The molecule has 2 unspecified atom stereocenters. The average molecular weight is 275 g/mol. The van der Waals surface area contributed by atoms with Gasteiger partial charge in [-0.05, 0) is 49.3 Å². The van der Waals surface area contributed by atoms with E-state index in [2.05, 4.69) is 19.2 Å². The highest BCUT2D eigenvalue weighted by atomic mass is 16.4. The van der Waals surface area contributed by atoms with Crippen molar-refractivity contribution in [2.75, 3.05) is 5.32 Å². The molecule has 1 fully saturated rings. The lowest BCUT2D eigenvalue weighted by molar-refractivity contribution is 0.0697. The van der Waals surface area contributed by atoms with Crippen molar-refractivity contribution in [1.82, 2.24) is 0 Å². The number of hydrogen-bond donors (Lipinski definition) is 2. The summed E-state index contributed by atoms with van der Waals surface area (Å²) < 4.78 is 0. The van der Waals surface area contributed by atoms with Crippen LogP contribution >= 0.6 is 0 Å². The number of carbonyl (C=O) groups is 1. The molecule has 3 nitrogen and oxygen atoms in total. The standard InChI is InChI=1S/C17H25NO2/c1-12(2)13-5-3-7-15(10-9-13)18-16-8-4-6-14(11-16)17(19)20/h4,6,8,11-13,15,18H,3,5,7,9-10H2,1-2H3,(H,19,20). The van der Waals surface area contributed by atoms with Gasteiger partial charge in [0.25, 0.3) is 0 Å². The number of benzene rings is 1. The van der Waals surface area contributed by atoms with E-state index in [9.17, 15) is 4.79 Å². The first kappa shape index (κ1) is 14.9. The Kier molecular flexibility index (Phi) is 5.05. The van der Waals surface area contributed by atoms with Crippen molar-refractivity contribution in [2.24, 2.45) is 11.8 Å². The van der Waals surface area contributed by atoms with E-state index in [4.69, 9.17) is 5.11 Å². The molecule has 1 aliphatic rings. The molecule has 0 aliphatic heterocycles. The third-order valence-corrected chi connectivity index (χ3v) is 4.44. The van der Waals surface area contributed by atoms with Crippen LogP contribution in [0.3, 0.4) is 0 Å². The van der Waals surface area contributed by atoms with Crippen LogP contribution in [0.15, 0.2) is 24.3 Å². The van der Waals surface area contributed by atoms with Crippen LogP contribution in [0.1, 0.15) is 56.3 Å². The number of hydrogen-bond acceptors (Lipinski definition) is 2. The zero-order chi connectivity index (χ0) is 14.5. The second kappa shape index (κ2) is 6.78. The Bertz CT molecular complexity index is 456. The molecule has 0 amide bonds. The lowest BCUT2D eigenvalue weighted by Gasteiger charge is -2.20. The number of nitrogens with one attached hydrogen (secondary N) is 1. The molecule has 20 heavy (non-hydrogen) atoms. The van der Waals surface area contributed by atoms with Crippen molar-refractivity contribution in [2.45, 2.75) is 52.0 Å². The van der Waals surface area contributed by atoms with Crippen molar-refractivity contribution < 1.29 is 9.90 Å². The van der Waals surface area contributed by atoms with Gasteiger partial charge < -0.3 is 10.4 Å². The van der Waals surface area contributed by atoms with Crippen molar-refractivity contribution in [3.63, 3.8) is 0 Å². The Hall–Kier alpha value is -1.51. The van der Waals surface area contributed by atoms with Crippen LogP contribution in [0.2, 0.25) is 0 Å². The molecule has 0 saturated heterocycles. The first-order valence-corrected chi connectivity index (χ1v) is 7.66. The molecule has 3 heteroatoms. The Morgan fingerprint density at radius 2 is 2.05 bits per heavy atom. The maximum atomic E-state index is 11.0. The quantitative estimate of drug-likeness (QED) is 0.801. The summed E-state index contributed by atoms with van der Waals surface area (Å²) in [5.41, 5.74) is 1.28. The SMILES string of the molecule is CC(C)C1CCCC(Nc2cccc(C(=O)O)c2)CC1. The second-order valence-electron chi connectivity index (χ2n) is 6.24. The molecule has 2 atom stereocenters. The predicted octanol–water partition coefficient (Wildman–Crippen LogP) is 4.40. The molecular formula is C17H25NO2. The second-order valence-corrected chi connectivity index (χ2v) is 6.24. The molecule has 1 aliphatic carbocycles. The first-order valence-electron chi connectivity index (χ1n) is 7.66. The smallest absolute Gasteiger partial charge is 0.335 e. The highest BCUT2D eigenvalue weighted by molar-refractivity contribution is 5.88. The fraction of sp³-hybridized carbons (Fsp3) is 0.588. The first-order chi connectivity index (χ1) is 9.56. The Morgan fingerprint density at radius 3 is 2.75 bits per heavy atom. The molecule has 0 spiro atoms. The van der Waals surface area contributed by atoms with Crippen molar-refractivity contribution in [1.29, 1.82) is 0 Å². The van der Waals surface area contributed by atoms with Gasteiger partial charge in [-0.2, -0.15) is 0 Å². The zero-order valence-corrected chi connectivity index (χ0v) is 12.4. The van der Waals surface area contributed by atoms with Gasteiger partial charge in [-0.3, -0.25) is 0 Å². The third kappa shape index (κ3) is 3.99. The van der Waals surface area contributed by atoms with Gasteiger partial charge in [0, 0.05) is 11.7 Å². The van der Waals surface area contributed by atoms with Crippen LogP contribution < -0.4 is 5.32 Å². The molecule has 0 aromatic heterocycles. The van der Waals surface area contributed by atoms with Crippen molar-refractivity contribution in [3.8, 4) is 0 Å². The van der Waals surface area contributed by atoms with E-state index in [1.54, 1.807) is 18.2 Å². The molecule has 2 N–H and O–H groups in total. The molecular weight excluding hydrogens is 250 g/mol. The molecule has 1 saturated carbocycles. The summed E-state index contributed by atoms with van der Waals surface area (Å²) in [6.07, 6.45) is 6.22. The topological polar surface area (TPSA) is 49.3 Å². The number of rotatable bonds is 4. The monoisotopic (exact) mass is 275 g/mol. The van der Waals surface area contributed by atoms with E-state index in [1.807, 2.05) is 6.07 Å². The van der Waals surface area contributed by atoms with Crippen LogP contribution in [-0.2, 0) is 0 Å². The van der Waals surface area contributed by atoms with E-state index in [0.717, 1.165) is 17.5 Å². The minimum Gasteiger partial charge on any atom is -0.478 e. The Morgan fingerprint density at radius 1 is 1.25 bits per heavy atom. The summed E-state index contributed by atoms with van der Waals surface area (Å²) in [5.74, 6) is 0.741. The minimum absolute atomic E-state index is 0.351. The number of carboxylic acid groups (broad SMARTS) is 1. The molecule has 0 bridgehead atoms. The summed E-state index contributed by atoms with van der Waals surface area (Å²) >= 11 is 0. The van der Waals surface area contributed by atoms with Gasteiger partial charge in [-0.25, -0.2) is 4.79 Å². The molecule has 1 aromatic rings. The van der Waals surface area contributed by atoms with E-state index in [-0.39, 0.29) is 0 Å². The molecule has 1 aromatic carbocycles. The van der Waals surface area contributed by atoms with Crippen LogP contribution in [0.4, 0.5) is 5.69 Å². The average Bonchev–Trinajstić information content (AvgIpc) is 2.65. The van der Waals surface area contributed by atoms with E-state index >= 15 is 0 Å². The summed E-state index contributed by atoms with van der Waals surface area (Å²) in [7, 11) is 0. The van der Waals surface area contributed by atoms with Gasteiger partial charge >= 0.3 is 5.97 Å². The normalized spacial score (nSPS) is 23.4. The van der Waals surface area contributed by atoms with Gasteiger partial charge in [0.15, 0.2) is 0 Å². The maximum absolute atomic E-state index is 11.0. The molecule has 110 valence electrons. The molecule has 0 radical (unpaired) electrons. The summed E-state index contributed by atoms with van der Waals surface area (Å²) in [4.78, 5) is 11.0. The van der Waals surface area contributed by atoms with E-state index in [0.29, 0.717) is 11.6 Å². The Labute approximate surface area is 121 Å². The van der Waals surface area contributed by atoms with Gasteiger partial charge in [0.1, 0.15) is 0 Å². The lowest BCUT2D eigenvalue weighted by atomic mass is 9.89. The largest absolute Gasteiger partial charge is 0.478 e. The Balaban J connectivity index is 1.96. The van der Waals surface area contributed by atoms with Crippen molar-refractivity contribution >= 4 is 11.7 Å². The van der Waals surface area contributed by atoms with Gasteiger partial charge in [-0.1, -0.05) is 32.8 Å². The number of aromatic carboxylic acids is 1. The van der Waals surface area contributed by atoms with E-state index < -0.39 is 5.97 Å². The van der Waals surface area contributed by atoms with E-state index in [1.165, 1.54) is 32.1 Å². The van der Waals surface area contributed by atoms with Gasteiger partial charge in [-0.15, -0.1) is 0 Å². The molecule has 0 heterocycles. The van der Waals surface area contributed by atoms with Gasteiger partial charge in [0.2, 0.25) is 0 Å². The highest BCUT2D eigenvalue weighted by Gasteiger charge is 2.20.